The SMILES string of the molecule is CC[C@@](Br)(C(=O)c1ccccc1F)S(C)(=O)=O. The zero-order valence-corrected chi connectivity index (χ0v) is 11.8. The summed E-state index contributed by atoms with van der Waals surface area (Å²) in [5, 5.41) is 0. The highest BCUT2D eigenvalue weighted by Crippen LogP contribution is 2.33. The minimum Gasteiger partial charge on any atom is -0.291 e. The van der Waals surface area contributed by atoms with Crippen molar-refractivity contribution < 1.29 is 17.6 Å². The van der Waals surface area contributed by atoms with Crippen molar-refractivity contribution in [3.05, 3.63) is 35.6 Å². The van der Waals surface area contributed by atoms with Crippen molar-refractivity contribution in [3.8, 4) is 0 Å². The summed E-state index contributed by atoms with van der Waals surface area (Å²) in [4.78, 5) is 12.1. The van der Waals surface area contributed by atoms with Crippen molar-refractivity contribution in [1.82, 2.24) is 0 Å². The summed E-state index contributed by atoms with van der Waals surface area (Å²) in [6, 6.07) is 5.32. The fourth-order valence-electron chi connectivity index (χ4n) is 1.44. The van der Waals surface area contributed by atoms with Gasteiger partial charge in [-0.1, -0.05) is 35.0 Å². The van der Waals surface area contributed by atoms with Crippen LogP contribution in [0.2, 0.25) is 0 Å². The van der Waals surface area contributed by atoms with Crippen LogP contribution in [0.15, 0.2) is 24.3 Å². The smallest absolute Gasteiger partial charge is 0.197 e. The Morgan fingerprint density at radius 1 is 1.41 bits per heavy atom. The Morgan fingerprint density at radius 3 is 2.35 bits per heavy atom. The molecule has 0 radical (unpaired) electrons. The molecule has 0 aliphatic carbocycles. The summed E-state index contributed by atoms with van der Waals surface area (Å²) < 4.78 is 34.9. The molecule has 0 amide bonds. The van der Waals surface area contributed by atoms with Crippen molar-refractivity contribution >= 4 is 31.6 Å². The van der Waals surface area contributed by atoms with Gasteiger partial charge in [-0.05, 0) is 18.6 Å². The van der Waals surface area contributed by atoms with Crippen molar-refractivity contribution in [2.75, 3.05) is 6.26 Å². The lowest BCUT2D eigenvalue weighted by atomic mass is 10.1. The largest absolute Gasteiger partial charge is 0.291 e. The molecule has 0 fully saturated rings. The average Bonchev–Trinajstić information content (AvgIpc) is 2.26. The van der Waals surface area contributed by atoms with Gasteiger partial charge in [-0.3, -0.25) is 4.79 Å². The molecule has 0 saturated carbocycles. The second-order valence-corrected chi connectivity index (χ2v) is 7.78. The van der Waals surface area contributed by atoms with E-state index < -0.39 is 25.1 Å². The molecule has 3 nitrogen and oxygen atoms in total. The van der Waals surface area contributed by atoms with E-state index in [2.05, 4.69) is 15.9 Å². The van der Waals surface area contributed by atoms with Crippen LogP contribution in [0.4, 0.5) is 4.39 Å². The van der Waals surface area contributed by atoms with Gasteiger partial charge in [0.1, 0.15) is 5.82 Å². The maximum Gasteiger partial charge on any atom is 0.197 e. The highest BCUT2D eigenvalue weighted by Gasteiger charge is 2.45. The topological polar surface area (TPSA) is 51.2 Å². The number of hydrogen-bond donors (Lipinski definition) is 0. The first kappa shape index (κ1) is 14.3. The van der Waals surface area contributed by atoms with Crippen LogP contribution < -0.4 is 0 Å². The first-order valence-corrected chi connectivity index (χ1v) is 7.60. The molecule has 6 heteroatoms. The predicted octanol–water partition coefficient (Wildman–Crippen LogP) is 2.55. The molecule has 0 aliphatic rings. The van der Waals surface area contributed by atoms with E-state index in [-0.39, 0.29) is 12.0 Å². The van der Waals surface area contributed by atoms with Gasteiger partial charge in [0.15, 0.2) is 19.3 Å². The summed E-state index contributed by atoms with van der Waals surface area (Å²) in [7, 11) is -3.68. The number of halogens is 2. The van der Waals surface area contributed by atoms with Crippen molar-refractivity contribution in [2.45, 2.75) is 17.0 Å². The molecular weight excluding hydrogens is 311 g/mol. The van der Waals surface area contributed by atoms with E-state index in [4.69, 9.17) is 0 Å². The van der Waals surface area contributed by atoms with Crippen LogP contribution >= 0.6 is 15.9 Å². The molecular formula is C11H12BrFO3S. The molecule has 0 saturated heterocycles. The molecule has 94 valence electrons. The molecule has 0 unspecified atom stereocenters. The molecule has 1 aromatic carbocycles. The molecule has 0 heterocycles. The summed E-state index contributed by atoms with van der Waals surface area (Å²) in [6.45, 7) is 1.55. The number of carbonyl (C=O) groups excluding carboxylic acids is 1. The van der Waals surface area contributed by atoms with E-state index in [9.17, 15) is 17.6 Å². The van der Waals surface area contributed by atoms with Gasteiger partial charge in [0, 0.05) is 6.26 Å². The third-order valence-electron chi connectivity index (χ3n) is 2.50. The highest BCUT2D eigenvalue weighted by molar-refractivity contribution is 9.12. The van der Waals surface area contributed by atoms with E-state index in [1.165, 1.54) is 18.2 Å². The normalized spacial score (nSPS) is 15.3. The summed E-state index contributed by atoms with van der Waals surface area (Å²) in [5.41, 5.74) is -0.225. The highest BCUT2D eigenvalue weighted by atomic mass is 79.9. The van der Waals surface area contributed by atoms with Crippen molar-refractivity contribution in [1.29, 1.82) is 0 Å². The fraction of sp³-hybridized carbons (Fsp3) is 0.364. The molecule has 0 N–H and O–H groups in total. The lowest BCUT2D eigenvalue weighted by Crippen LogP contribution is -2.39. The number of carbonyl (C=O) groups is 1. The van der Waals surface area contributed by atoms with Crippen LogP contribution in [-0.4, -0.2) is 24.1 Å². The zero-order valence-electron chi connectivity index (χ0n) is 9.41. The van der Waals surface area contributed by atoms with E-state index in [1.807, 2.05) is 0 Å². The lowest BCUT2D eigenvalue weighted by molar-refractivity contribution is 0.0972. The van der Waals surface area contributed by atoms with E-state index >= 15 is 0 Å². The van der Waals surface area contributed by atoms with Crippen molar-refractivity contribution in [2.24, 2.45) is 0 Å². The van der Waals surface area contributed by atoms with Crippen molar-refractivity contribution in [3.63, 3.8) is 0 Å². The standard InChI is InChI=1S/C11H12BrFO3S/c1-3-11(12,17(2,15)16)10(14)8-6-4-5-7-9(8)13/h4-7H,3H2,1-2H3/t11-/m0/s1. The maximum absolute atomic E-state index is 13.5. The number of ketones is 1. The number of sulfone groups is 1. The zero-order chi connectivity index (χ0) is 13.3. The Morgan fingerprint density at radius 2 is 1.94 bits per heavy atom. The molecule has 1 atom stereocenters. The monoisotopic (exact) mass is 322 g/mol. The van der Waals surface area contributed by atoms with Gasteiger partial charge in [0.05, 0.1) is 5.56 Å². The van der Waals surface area contributed by atoms with Gasteiger partial charge in [-0.15, -0.1) is 0 Å². The van der Waals surface area contributed by atoms with Gasteiger partial charge in [0.25, 0.3) is 0 Å². The minimum absolute atomic E-state index is 0.0268. The van der Waals surface area contributed by atoms with Crippen LogP contribution in [-0.2, 0) is 9.84 Å². The Bertz CT molecular complexity index is 541. The Labute approximate surface area is 108 Å². The number of rotatable bonds is 4. The maximum atomic E-state index is 13.5. The molecule has 0 bridgehead atoms. The summed E-state index contributed by atoms with van der Waals surface area (Å²) in [6.07, 6.45) is 0.975. The van der Waals surface area contributed by atoms with Gasteiger partial charge in [-0.2, -0.15) is 0 Å². The van der Waals surface area contributed by atoms with Gasteiger partial charge < -0.3 is 0 Å². The van der Waals surface area contributed by atoms with Gasteiger partial charge >= 0.3 is 0 Å². The minimum atomic E-state index is -3.68. The Hall–Kier alpha value is -0.750. The lowest BCUT2D eigenvalue weighted by Gasteiger charge is -2.22. The van der Waals surface area contributed by atoms with E-state index in [0.717, 1.165) is 12.3 Å². The number of Topliss-reactive ketones (excluding diaryl/α,β-unsaturated/α-hetero) is 1. The van der Waals surface area contributed by atoms with Crippen LogP contribution in [0.5, 0.6) is 0 Å². The average molecular weight is 323 g/mol. The van der Waals surface area contributed by atoms with E-state index in [0.29, 0.717) is 0 Å². The second-order valence-electron chi connectivity index (χ2n) is 3.66. The number of hydrogen-bond acceptors (Lipinski definition) is 3. The predicted molar refractivity (Wildman–Crippen MR) is 67.5 cm³/mol. The summed E-state index contributed by atoms with van der Waals surface area (Å²) >= 11 is 2.94. The first-order valence-electron chi connectivity index (χ1n) is 4.92. The molecule has 17 heavy (non-hydrogen) atoms. The number of alkyl halides is 1. The van der Waals surface area contributed by atoms with E-state index in [1.54, 1.807) is 6.92 Å². The molecule has 1 aromatic rings. The van der Waals surface area contributed by atoms with Crippen LogP contribution in [0.25, 0.3) is 0 Å². The Kier molecular flexibility index (Phi) is 4.09. The van der Waals surface area contributed by atoms with Crippen LogP contribution in [0.3, 0.4) is 0 Å². The quantitative estimate of drug-likeness (QED) is 0.632. The molecule has 1 rings (SSSR count). The Balaban J connectivity index is 3.35. The fourth-order valence-corrected chi connectivity index (χ4v) is 2.62. The van der Waals surface area contributed by atoms with Crippen LogP contribution in [0, 0.1) is 5.82 Å². The second kappa shape index (κ2) is 4.86. The third-order valence-corrected chi connectivity index (χ3v) is 6.83. The van der Waals surface area contributed by atoms with Crippen LogP contribution in [0.1, 0.15) is 23.7 Å². The van der Waals surface area contributed by atoms with Gasteiger partial charge in [0.2, 0.25) is 0 Å². The first-order chi connectivity index (χ1) is 7.74. The van der Waals surface area contributed by atoms with Gasteiger partial charge in [-0.25, -0.2) is 12.8 Å². The molecule has 0 aliphatic heterocycles. The third kappa shape index (κ3) is 2.57. The molecule has 0 aromatic heterocycles. The molecule has 0 spiro atoms. The summed E-state index contributed by atoms with van der Waals surface area (Å²) in [5.74, 6) is -1.50. The number of benzene rings is 1.